The summed E-state index contributed by atoms with van der Waals surface area (Å²) in [6.45, 7) is 5.95. The Labute approximate surface area is 98.6 Å². The highest BCUT2D eigenvalue weighted by Gasteiger charge is 2.21. The van der Waals surface area contributed by atoms with E-state index in [-0.39, 0.29) is 5.75 Å². The Hall–Kier alpha value is -0.170. The van der Waals surface area contributed by atoms with Crippen LogP contribution in [0.4, 0.5) is 0 Å². The van der Waals surface area contributed by atoms with E-state index < -0.39 is 10.0 Å². The van der Waals surface area contributed by atoms with Crippen LogP contribution >= 0.6 is 0 Å². The third-order valence-corrected chi connectivity index (χ3v) is 4.23. The highest BCUT2D eigenvalue weighted by molar-refractivity contribution is 7.89. The molecule has 1 fully saturated rings. The van der Waals surface area contributed by atoms with E-state index in [9.17, 15) is 8.42 Å². The van der Waals surface area contributed by atoms with Crippen LogP contribution in [0.5, 0.6) is 0 Å². The molecule has 1 rings (SSSR count). The Kier molecular flexibility index (Phi) is 5.68. The molecule has 1 unspecified atom stereocenters. The van der Waals surface area contributed by atoms with Gasteiger partial charge in [-0.05, 0) is 32.5 Å². The van der Waals surface area contributed by atoms with Crippen molar-refractivity contribution in [3.63, 3.8) is 0 Å². The van der Waals surface area contributed by atoms with E-state index in [2.05, 4.69) is 22.0 Å². The fraction of sp³-hybridized carbons (Fsp3) is 1.00. The molecule has 0 amide bonds. The second-order valence-corrected chi connectivity index (χ2v) is 6.36. The standard InChI is InChI=1S/C10H23N3O2S/c1-3-11-5-7-16(14,15)12-8-10-4-6-13(2)9-10/h10-12H,3-9H2,1-2H3. The van der Waals surface area contributed by atoms with E-state index in [0.29, 0.717) is 19.0 Å². The summed E-state index contributed by atoms with van der Waals surface area (Å²) in [5.74, 6) is 0.641. The van der Waals surface area contributed by atoms with Crippen molar-refractivity contribution in [3.05, 3.63) is 0 Å². The molecular formula is C10H23N3O2S. The van der Waals surface area contributed by atoms with Crippen LogP contribution in [0.1, 0.15) is 13.3 Å². The van der Waals surface area contributed by atoms with Crippen molar-refractivity contribution in [2.75, 3.05) is 45.5 Å². The second kappa shape index (κ2) is 6.54. The van der Waals surface area contributed by atoms with E-state index in [0.717, 1.165) is 26.1 Å². The smallest absolute Gasteiger partial charge is 0.212 e. The largest absolute Gasteiger partial charge is 0.316 e. The fourth-order valence-electron chi connectivity index (χ4n) is 1.89. The first-order valence-corrected chi connectivity index (χ1v) is 7.55. The first-order chi connectivity index (χ1) is 7.53. The fourth-order valence-corrected chi connectivity index (χ4v) is 2.94. The lowest BCUT2D eigenvalue weighted by Crippen LogP contribution is -2.35. The zero-order valence-corrected chi connectivity index (χ0v) is 11.0. The van der Waals surface area contributed by atoms with Crippen LogP contribution < -0.4 is 10.0 Å². The van der Waals surface area contributed by atoms with E-state index in [1.807, 2.05) is 6.92 Å². The third kappa shape index (κ3) is 5.25. The molecule has 1 aliphatic heterocycles. The lowest BCUT2D eigenvalue weighted by Gasteiger charge is -2.12. The van der Waals surface area contributed by atoms with Gasteiger partial charge in [0.05, 0.1) is 5.75 Å². The Morgan fingerprint density at radius 2 is 2.19 bits per heavy atom. The monoisotopic (exact) mass is 249 g/mol. The van der Waals surface area contributed by atoms with Crippen LogP contribution in [-0.2, 0) is 10.0 Å². The predicted molar refractivity (Wildman–Crippen MR) is 65.9 cm³/mol. The summed E-state index contributed by atoms with van der Waals surface area (Å²) >= 11 is 0. The van der Waals surface area contributed by atoms with Gasteiger partial charge in [-0.1, -0.05) is 6.92 Å². The highest BCUT2D eigenvalue weighted by atomic mass is 32.2. The third-order valence-electron chi connectivity index (χ3n) is 2.88. The van der Waals surface area contributed by atoms with Gasteiger partial charge in [-0.25, -0.2) is 13.1 Å². The Morgan fingerprint density at radius 1 is 1.44 bits per heavy atom. The molecule has 96 valence electrons. The van der Waals surface area contributed by atoms with Crippen LogP contribution in [0.3, 0.4) is 0 Å². The minimum Gasteiger partial charge on any atom is -0.316 e. The Bertz CT molecular complexity index is 292. The van der Waals surface area contributed by atoms with Gasteiger partial charge >= 0.3 is 0 Å². The summed E-state index contributed by atoms with van der Waals surface area (Å²) in [6, 6.07) is 0. The van der Waals surface area contributed by atoms with Gasteiger partial charge < -0.3 is 10.2 Å². The predicted octanol–water partition coefficient (Wildman–Crippen LogP) is -0.533. The van der Waals surface area contributed by atoms with E-state index in [1.54, 1.807) is 0 Å². The molecule has 0 saturated carbocycles. The number of likely N-dealkylation sites (tertiary alicyclic amines) is 1. The van der Waals surface area contributed by atoms with Gasteiger partial charge in [0.15, 0.2) is 0 Å². The van der Waals surface area contributed by atoms with Gasteiger partial charge in [0, 0.05) is 19.6 Å². The lowest BCUT2D eigenvalue weighted by molar-refractivity contribution is 0.394. The van der Waals surface area contributed by atoms with E-state index >= 15 is 0 Å². The molecule has 16 heavy (non-hydrogen) atoms. The zero-order valence-electron chi connectivity index (χ0n) is 10.2. The molecule has 0 aromatic rings. The molecule has 0 aromatic heterocycles. The maximum Gasteiger partial charge on any atom is 0.212 e. The molecule has 1 heterocycles. The molecule has 0 aromatic carbocycles. The van der Waals surface area contributed by atoms with Crippen molar-refractivity contribution in [1.29, 1.82) is 0 Å². The Morgan fingerprint density at radius 3 is 2.75 bits per heavy atom. The van der Waals surface area contributed by atoms with Crippen LogP contribution in [0.15, 0.2) is 0 Å². The molecule has 0 bridgehead atoms. The number of nitrogens with one attached hydrogen (secondary N) is 2. The van der Waals surface area contributed by atoms with Crippen LogP contribution in [0, 0.1) is 5.92 Å². The molecule has 1 saturated heterocycles. The molecule has 0 aliphatic carbocycles. The molecular weight excluding hydrogens is 226 g/mol. The first kappa shape index (κ1) is 13.9. The van der Waals surface area contributed by atoms with Crippen molar-refractivity contribution in [2.24, 2.45) is 5.92 Å². The summed E-state index contributed by atoms with van der Waals surface area (Å²) in [6.07, 6.45) is 1.09. The second-order valence-electron chi connectivity index (χ2n) is 4.44. The SMILES string of the molecule is CCNCCS(=O)(=O)NCC1CCN(C)C1. The van der Waals surface area contributed by atoms with Crippen LogP contribution in [0.2, 0.25) is 0 Å². The molecule has 6 heteroatoms. The Balaban J connectivity index is 2.20. The maximum atomic E-state index is 11.6. The summed E-state index contributed by atoms with van der Waals surface area (Å²) in [5, 5.41) is 3.01. The number of sulfonamides is 1. The summed E-state index contributed by atoms with van der Waals surface area (Å²) in [5.41, 5.74) is 0. The van der Waals surface area contributed by atoms with Gasteiger partial charge in [-0.15, -0.1) is 0 Å². The summed E-state index contributed by atoms with van der Waals surface area (Å²) < 4.78 is 25.8. The quantitative estimate of drug-likeness (QED) is 0.595. The average molecular weight is 249 g/mol. The normalized spacial score (nSPS) is 22.8. The van der Waals surface area contributed by atoms with Crippen LogP contribution in [-0.4, -0.2) is 58.8 Å². The van der Waals surface area contributed by atoms with Crippen molar-refractivity contribution in [1.82, 2.24) is 14.9 Å². The first-order valence-electron chi connectivity index (χ1n) is 5.90. The molecule has 1 atom stereocenters. The van der Waals surface area contributed by atoms with Gasteiger partial charge in [-0.3, -0.25) is 0 Å². The average Bonchev–Trinajstić information content (AvgIpc) is 2.62. The number of hydrogen-bond donors (Lipinski definition) is 2. The van der Waals surface area contributed by atoms with Gasteiger partial charge in [0.1, 0.15) is 0 Å². The summed E-state index contributed by atoms with van der Waals surface area (Å²) in [7, 11) is -1.02. The van der Waals surface area contributed by atoms with Gasteiger partial charge in [0.25, 0.3) is 0 Å². The highest BCUT2D eigenvalue weighted by Crippen LogP contribution is 2.12. The molecule has 1 aliphatic rings. The minimum atomic E-state index is -3.09. The maximum absolute atomic E-state index is 11.6. The van der Waals surface area contributed by atoms with E-state index in [1.165, 1.54) is 0 Å². The lowest BCUT2D eigenvalue weighted by atomic mass is 10.1. The van der Waals surface area contributed by atoms with E-state index in [4.69, 9.17) is 0 Å². The number of rotatable bonds is 7. The summed E-state index contributed by atoms with van der Waals surface area (Å²) in [4.78, 5) is 2.23. The minimum absolute atomic E-state index is 0.170. The van der Waals surface area contributed by atoms with Crippen molar-refractivity contribution < 1.29 is 8.42 Å². The van der Waals surface area contributed by atoms with Crippen molar-refractivity contribution in [3.8, 4) is 0 Å². The van der Waals surface area contributed by atoms with Crippen molar-refractivity contribution in [2.45, 2.75) is 13.3 Å². The molecule has 0 spiro atoms. The molecule has 5 nitrogen and oxygen atoms in total. The van der Waals surface area contributed by atoms with Gasteiger partial charge in [-0.2, -0.15) is 0 Å². The molecule has 0 radical (unpaired) electrons. The topological polar surface area (TPSA) is 61.4 Å². The molecule has 2 N–H and O–H groups in total. The van der Waals surface area contributed by atoms with Crippen LogP contribution in [0.25, 0.3) is 0 Å². The number of nitrogens with zero attached hydrogens (tertiary/aromatic N) is 1. The van der Waals surface area contributed by atoms with Gasteiger partial charge in [0.2, 0.25) is 10.0 Å². The van der Waals surface area contributed by atoms with Crippen molar-refractivity contribution >= 4 is 10.0 Å². The zero-order chi connectivity index (χ0) is 12.0. The number of hydrogen-bond acceptors (Lipinski definition) is 4.